The first-order valence-electron chi connectivity index (χ1n) is 11.7. The number of hydrogen-bond donors (Lipinski definition) is 2. The number of thioether (sulfide) groups is 1. The quantitative estimate of drug-likeness (QED) is 0.266. The van der Waals surface area contributed by atoms with E-state index in [1.165, 1.54) is 0 Å². The molecule has 37 heavy (non-hydrogen) atoms. The van der Waals surface area contributed by atoms with Crippen LogP contribution in [0.3, 0.4) is 0 Å². The third-order valence-electron chi connectivity index (χ3n) is 6.17. The van der Waals surface area contributed by atoms with Gasteiger partial charge in [-0.2, -0.15) is 5.10 Å². The molecule has 6 rings (SSSR count). The maximum atomic E-state index is 9.47. The molecule has 5 aromatic rings. The van der Waals surface area contributed by atoms with E-state index in [9.17, 15) is 5.11 Å². The Hall–Kier alpha value is -4.21. The molecule has 0 spiro atoms. The van der Waals surface area contributed by atoms with Crippen LogP contribution in [0.2, 0.25) is 0 Å². The number of hydrogen-bond acceptors (Lipinski definition) is 9. The summed E-state index contributed by atoms with van der Waals surface area (Å²) in [5.74, 6) is 2.62. The molecule has 3 aromatic heterocycles. The summed E-state index contributed by atoms with van der Waals surface area (Å²) in [5, 5.41) is 26.2. The molecule has 1 aliphatic heterocycles. The van der Waals surface area contributed by atoms with Gasteiger partial charge in [-0.1, -0.05) is 24.3 Å². The average molecular weight is 510 g/mol. The Balaban J connectivity index is 1.23. The van der Waals surface area contributed by atoms with Crippen molar-refractivity contribution in [1.29, 1.82) is 0 Å². The van der Waals surface area contributed by atoms with Crippen LogP contribution in [0.1, 0.15) is 17.4 Å². The highest BCUT2D eigenvalue weighted by atomic mass is 32.2. The van der Waals surface area contributed by atoms with Gasteiger partial charge >= 0.3 is 0 Å². The Bertz CT molecular complexity index is 1620. The van der Waals surface area contributed by atoms with Crippen molar-refractivity contribution in [2.45, 2.75) is 11.7 Å². The number of ether oxygens (including phenoxy) is 2. The molecule has 0 bridgehead atoms. The Morgan fingerprint density at radius 1 is 1.00 bits per heavy atom. The number of nitrogens with zero attached hydrogens (tertiary/aromatic N) is 4. The lowest BCUT2D eigenvalue weighted by molar-refractivity contribution is 0.327. The number of rotatable bonds is 7. The highest BCUT2D eigenvalue weighted by Crippen LogP contribution is 2.44. The predicted molar refractivity (Wildman–Crippen MR) is 146 cm³/mol. The summed E-state index contributed by atoms with van der Waals surface area (Å²) in [5.41, 5.74) is 4.19. The molecule has 2 aromatic carbocycles. The van der Waals surface area contributed by atoms with Gasteiger partial charge in [-0.3, -0.25) is 4.98 Å². The normalized spacial score (nSPS) is 15.1. The monoisotopic (exact) mass is 509 g/mol. The Labute approximate surface area is 217 Å². The number of benzene rings is 2. The Morgan fingerprint density at radius 3 is 2.62 bits per heavy atom. The summed E-state index contributed by atoms with van der Waals surface area (Å²) in [6.07, 6.45) is 4.12. The first-order chi connectivity index (χ1) is 18.2. The third-order valence-corrected chi connectivity index (χ3v) is 7.35. The zero-order chi connectivity index (χ0) is 25.2. The van der Waals surface area contributed by atoms with Crippen LogP contribution in [0, 0.1) is 0 Å². The highest BCUT2D eigenvalue weighted by Gasteiger charge is 2.24. The minimum atomic E-state index is 0.0802. The summed E-state index contributed by atoms with van der Waals surface area (Å²) in [7, 11) is 1.60. The number of fused-ring (bicyclic) bond motifs is 2. The predicted octanol–water partition coefficient (Wildman–Crippen LogP) is 6.17. The summed E-state index contributed by atoms with van der Waals surface area (Å²) >= 11 is 1.68. The van der Waals surface area contributed by atoms with Gasteiger partial charge in [-0.25, -0.2) is 4.98 Å². The van der Waals surface area contributed by atoms with Gasteiger partial charge < -0.3 is 19.9 Å². The van der Waals surface area contributed by atoms with Crippen molar-refractivity contribution in [3.63, 3.8) is 0 Å². The van der Waals surface area contributed by atoms with Crippen molar-refractivity contribution in [1.82, 2.24) is 20.2 Å². The lowest BCUT2D eigenvalue weighted by Crippen LogP contribution is -2.03. The number of nitrogens with one attached hydrogen (secondary N) is 1. The fourth-order valence-corrected chi connectivity index (χ4v) is 5.42. The molecule has 0 fully saturated rings. The summed E-state index contributed by atoms with van der Waals surface area (Å²) in [6.45, 7) is 0.0802. The fourth-order valence-electron chi connectivity index (χ4n) is 4.28. The van der Waals surface area contributed by atoms with Gasteiger partial charge in [0, 0.05) is 34.8 Å². The van der Waals surface area contributed by atoms with E-state index in [0.29, 0.717) is 34.1 Å². The van der Waals surface area contributed by atoms with E-state index in [1.54, 1.807) is 37.3 Å². The van der Waals surface area contributed by atoms with Crippen LogP contribution < -0.4 is 14.8 Å². The van der Waals surface area contributed by atoms with Gasteiger partial charge in [0.25, 0.3) is 0 Å². The zero-order valence-electron chi connectivity index (χ0n) is 20.0. The summed E-state index contributed by atoms with van der Waals surface area (Å²) < 4.78 is 11.3. The number of pyridine rings is 2. The van der Waals surface area contributed by atoms with E-state index in [-0.39, 0.29) is 11.9 Å². The molecule has 8 nitrogen and oxygen atoms in total. The Kier molecular flexibility index (Phi) is 6.30. The van der Waals surface area contributed by atoms with Crippen LogP contribution >= 0.6 is 11.8 Å². The molecule has 1 unspecified atom stereocenters. The molecule has 184 valence electrons. The summed E-state index contributed by atoms with van der Waals surface area (Å²) in [4.78, 5) is 8.79. The van der Waals surface area contributed by atoms with Crippen molar-refractivity contribution in [2.75, 3.05) is 19.0 Å². The van der Waals surface area contributed by atoms with Crippen molar-refractivity contribution >= 4 is 45.1 Å². The molecular weight excluding hydrogens is 486 g/mol. The number of aliphatic hydroxyl groups excluding tert-OH is 1. The zero-order valence-corrected chi connectivity index (χ0v) is 20.8. The van der Waals surface area contributed by atoms with E-state index < -0.39 is 0 Å². The lowest BCUT2D eigenvalue weighted by Gasteiger charge is -2.15. The highest BCUT2D eigenvalue weighted by molar-refractivity contribution is 8.02. The van der Waals surface area contributed by atoms with Crippen LogP contribution in [0.25, 0.3) is 21.8 Å². The van der Waals surface area contributed by atoms with Gasteiger partial charge in [-0.15, -0.1) is 16.9 Å². The second kappa shape index (κ2) is 10.0. The van der Waals surface area contributed by atoms with Gasteiger partial charge in [0.05, 0.1) is 36.4 Å². The fraction of sp³-hybridized carbons (Fsp3) is 0.143. The molecular formula is C28H23N5O3S. The SMILES string of the molecule is COc1cnc2c(Oc3ccc(Nc4nnc(C5CC(CO)=CS5)c5ccccc45)cc3)ccnc2c1. The number of methoxy groups -OCH3 is 1. The van der Waals surface area contributed by atoms with E-state index in [1.807, 2.05) is 53.9 Å². The number of aliphatic hydroxyl groups is 1. The molecule has 4 heterocycles. The van der Waals surface area contributed by atoms with E-state index >= 15 is 0 Å². The number of anilines is 2. The van der Waals surface area contributed by atoms with Crippen molar-refractivity contribution in [3.05, 3.63) is 89.7 Å². The smallest absolute Gasteiger partial charge is 0.160 e. The van der Waals surface area contributed by atoms with Crippen molar-refractivity contribution < 1.29 is 14.6 Å². The van der Waals surface area contributed by atoms with E-state index in [0.717, 1.165) is 34.1 Å². The van der Waals surface area contributed by atoms with Crippen LogP contribution in [-0.2, 0) is 0 Å². The van der Waals surface area contributed by atoms with Crippen LogP contribution in [0.4, 0.5) is 11.5 Å². The van der Waals surface area contributed by atoms with Gasteiger partial charge in [-0.05, 0) is 41.7 Å². The molecule has 0 aliphatic carbocycles. The molecule has 9 heteroatoms. The van der Waals surface area contributed by atoms with Gasteiger partial charge in [0.1, 0.15) is 17.0 Å². The minimum Gasteiger partial charge on any atom is -0.495 e. The molecule has 0 radical (unpaired) electrons. The lowest BCUT2D eigenvalue weighted by atomic mass is 10.0. The molecule has 2 N–H and O–H groups in total. The molecule has 1 aliphatic rings. The van der Waals surface area contributed by atoms with Gasteiger partial charge in [0.15, 0.2) is 11.6 Å². The first kappa shape index (κ1) is 23.2. The van der Waals surface area contributed by atoms with E-state index in [2.05, 4.69) is 31.5 Å². The van der Waals surface area contributed by atoms with E-state index in [4.69, 9.17) is 9.47 Å². The third kappa shape index (κ3) is 4.66. The largest absolute Gasteiger partial charge is 0.495 e. The summed E-state index contributed by atoms with van der Waals surface area (Å²) in [6, 6.07) is 19.4. The minimum absolute atomic E-state index is 0.0802. The molecule has 1 atom stereocenters. The second-order valence-corrected chi connectivity index (χ2v) is 9.62. The molecule has 0 saturated carbocycles. The van der Waals surface area contributed by atoms with Crippen LogP contribution in [-0.4, -0.2) is 39.0 Å². The van der Waals surface area contributed by atoms with Crippen LogP contribution in [0.5, 0.6) is 17.2 Å². The second-order valence-electron chi connectivity index (χ2n) is 8.55. The average Bonchev–Trinajstić information content (AvgIpc) is 3.43. The maximum Gasteiger partial charge on any atom is 0.160 e. The van der Waals surface area contributed by atoms with Crippen molar-refractivity contribution in [3.8, 4) is 17.2 Å². The number of aromatic nitrogens is 4. The molecule has 0 saturated heterocycles. The maximum absolute atomic E-state index is 9.47. The first-order valence-corrected chi connectivity index (χ1v) is 12.7. The topological polar surface area (TPSA) is 102 Å². The Morgan fingerprint density at radius 2 is 1.84 bits per heavy atom. The van der Waals surface area contributed by atoms with Gasteiger partial charge in [0.2, 0.25) is 0 Å². The molecule has 0 amide bonds. The standard InChI is InChI=1S/C28H23N5O3S/c1-35-20-13-23-27(30-14-20)24(10-11-29-23)36-19-8-6-18(7-9-19)31-28-22-5-3-2-4-21(22)26(32-33-28)25-12-17(15-34)16-37-25/h2-11,13-14,16,25,34H,12,15H2,1H3,(H,31,33). The van der Waals surface area contributed by atoms with Crippen molar-refractivity contribution in [2.24, 2.45) is 0 Å². The van der Waals surface area contributed by atoms with Crippen LogP contribution in [0.15, 0.2) is 84.0 Å².